The van der Waals surface area contributed by atoms with Crippen molar-refractivity contribution < 1.29 is 9.47 Å². The molecule has 0 N–H and O–H groups in total. The van der Waals surface area contributed by atoms with Gasteiger partial charge in [0.05, 0.1) is 13.2 Å². The summed E-state index contributed by atoms with van der Waals surface area (Å²) in [5.41, 5.74) is 3.23. The fourth-order valence-electron chi connectivity index (χ4n) is 6.05. The van der Waals surface area contributed by atoms with Gasteiger partial charge in [-0.05, 0) is 60.5 Å². The van der Waals surface area contributed by atoms with Gasteiger partial charge in [-0.1, -0.05) is 56.7 Å². The highest BCUT2D eigenvalue weighted by atomic mass is 16.5. The first kappa shape index (κ1) is 19.6. The summed E-state index contributed by atoms with van der Waals surface area (Å²) in [4.78, 5) is 0. The molecular weight excluding hydrogens is 320 g/mol. The van der Waals surface area contributed by atoms with Crippen LogP contribution in [0.3, 0.4) is 0 Å². The third-order valence-corrected chi connectivity index (χ3v) is 7.04. The fraction of sp³-hybridized carbons (Fsp3) is 0.667. The van der Waals surface area contributed by atoms with E-state index in [1.165, 1.54) is 56.1 Å². The number of hydrogen-bond acceptors (Lipinski definition) is 2. The number of rotatable bonds is 9. The Labute approximate surface area is 160 Å². The van der Waals surface area contributed by atoms with Gasteiger partial charge in [-0.2, -0.15) is 0 Å². The van der Waals surface area contributed by atoms with Crippen molar-refractivity contribution in [1.82, 2.24) is 0 Å². The van der Waals surface area contributed by atoms with E-state index >= 15 is 0 Å². The molecule has 2 atom stereocenters. The average Bonchev–Trinajstić information content (AvgIpc) is 3.14. The molecule has 0 heterocycles. The quantitative estimate of drug-likeness (QED) is 0.542. The maximum Gasteiger partial charge on any atom is 0.0540 e. The number of fused-ring (bicyclic) bond motifs is 1. The Kier molecular flexibility index (Phi) is 6.25. The Morgan fingerprint density at radius 3 is 2.08 bits per heavy atom. The monoisotopic (exact) mass is 356 g/mol. The Hall–Kier alpha value is -1.12. The zero-order valence-electron chi connectivity index (χ0n) is 16.9. The predicted octanol–water partition coefficient (Wildman–Crippen LogP) is 5.98. The molecule has 0 bridgehead atoms. The minimum absolute atomic E-state index is 0.226. The summed E-state index contributed by atoms with van der Waals surface area (Å²) < 4.78 is 11.2. The van der Waals surface area contributed by atoms with Crippen LogP contribution in [0.1, 0.15) is 57.4 Å². The van der Waals surface area contributed by atoms with Gasteiger partial charge < -0.3 is 9.47 Å². The lowest BCUT2D eigenvalue weighted by atomic mass is 9.69. The van der Waals surface area contributed by atoms with E-state index in [4.69, 9.17) is 9.47 Å². The van der Waals surface area contributed by atoms with Gasteiger partial charge >= 0.3 is 0 Å². The van der Waals surface area contributed by atoms with E-state index in [0.717, 1.165) is 25.0 Å². The molecule has 0 amide bonds. The van der Waals surface area contributed by atoms with Crippen LogP contribution in [0, 0.1) is 22.7 Å². The zero-order chi connectivity index (χ0) is 18.6. The van der Waals surface area contributed by atoms with Crippen LogP contribution >= 0.6 is 0 Å². The van der Waals surface area contributed by atoms with E-state index in [-0.39, 0.29) is 5.41 Å². The lowest BCUT2D eigenvalue weighted by Gasteiger charge is -2.36. The molecule has 144 valence electrons. The van der Waals surface area contributed by atoms with Gasteiger partial charge in [0.15, 0.2) is 0 Å². The van der Waals surface area contributed by atoms with Crippen molar-refractivity contribution in [3.05, 3.63) is 42.5 Å². The molecule has 0 aliphatic heterocycles. The van der Waals surface area contributed by atoms with Gasteiger partial charge in [0, 0.05) is 19.6 Å². The maximum atomic E-state index is 5.58. The second kappa shape index (κ2) is 8.27. The van der Waals surface area contributed by atoms with Crippen LogP contribution in [0.4, 0.5) is 0 Å². The topological polar surface area (TPSA) is 18.5 Å². The third-order valence-electron chi connectivity index (χ3n) is 7.04. The Bertz CT molecular complexity index is 569. The van der Waals surface area contributed by atoms with Gasteiger partial charge in [0.1, 0.15) is 0 Å². The van der Waals surface area contributed by atoms with Gasteiger partial charge in [0.25, 0.3) is 0 Å². The van der Waals surface area contributed by atoms with Crippen molar-refractivity contribution in [2.24, 2.45) is 22.7 Å². The van der Waals surface area contributed by atoms with Crippen LogP contribution in [0.15, 0.2) is 36.9 Å². The first-order valence-electron chi connectivity index (χ1n) is 10.3. The zero-order valence-corrected chi connectivity index (χ0v) is 16.9. The summed E-state index contributed by atoms with van der Waals surface area (Å²) in [6.07, 6.45) is 8.92. The van der Waals surface area contributed by atoms with Crippen LogP contribution in [0.25, 0.3) is 5.57 Å². The minimum atomic E-state index is 0.226. The van der Waals surface area contributed by atoms with E-state index in [0.29, 0.717) is 5.41 Å². The molecule has 0 unspecified atom stereocenters. The smallest absolute Gasteiger partial charge is 0.0540 e. The maximum absolute atomic E-state index is 5.58. The summed E-state index contributed by atoms with van der Waals surface area (Å²) >= 11 is 0. The second-order valence-electron chi connectivity index (χ2n) is 8.93. The highest BCUT2D eigenvalue weighted by Crippen LogP contribution is 2.63. The lowest BCUT2D eigenvalue weighted by molar-refractivity contribution is 0.00705. The van der Waals surface area contributed by atoms with Crippen molar-refractivity contribution in [3.8, 4) is 0 Å². The molecule has 0 aromatic heterocycles. The molecule has 1 aromatic carbocycles. The number of benzene rings is 1. The number of ether oxygens (including phenoxy) is 2. The van der Waals surface area contributed by atoms with Crippen molar-refractivity contribution in [2.45, 2.75) is 51.9 Å². The van der Waals surface area contributed by atoms with E-state index in [1.807, 2.05) is 14.2 Å². The van der Waals surface area contributed by atoms with Crippen LogP contribution in [0.5, 0.6) is 0 Å². The van der Waals surface area contributed by atoms with Crippen LogP contribution in [-0.4, -0.2) is 27.4 Å². The van der Waals surface area contributed by atoms with E-state index in [2.05, 4.69) is 43.8 Å². The second-order valence-corrected chi connectivity index (χ2v) is 8.93. The number of methoxy groups -OCH3 is 2. The summed E-state index contributed by atoms with van der Waals surface area (Å²) in [6.45, 7) is 8.58. The molecule has 26 heavy (non-hydrogen) atoms. The fourth-order valence-corrected chi connectivity index (χ4v) is 6.05. The predicted molar refractivity (Wildman–Crippen MR) is 109 cm³/mol. The lowest BCUT2D eigenvalue weighted by Crippen LogP contribution is -2.31. The molecule has 2 fully saturated rings. The van der Waals surface area contributed by atoms with E-state index < -0.39 is 0 Å². The van der Waals surface area contributed by atoms with Gasteiger partial charge in [-0.25, -0.2) is 0 Å². The summed E-state index contributed by atoms with van der Waals surface area (Å²) in [5, 5.41) is 0. The SMILES string of the molecule is C=C(c1ccccc1)C1(CCCC)C[C@H]2CC(COC)(COC)C[C@@H]2C1. The number of unbranched alkanes of at least 4 members (excludes halogenated alkanes) is 1. The highest BCUT2D eigenvalue weighted by molar-refractivity contribution is 5.68. The standard InChI is InChI=1S/C24H36O2/c1-5-6-12-24(19(2)20-10-8-7-9-11-20)15-21-13-23(17-25-3,18-26-4)14-22(21)16-24/h7-11,21-22H,2,5-6,12-18H2,1,3-4H3/t21-,22-/m1/s1. The summed E-state index contributed by atoms with van der Waals surface area (Å²) in [5.74, 6) is 1.58. The average molecular weight is 357 g/mol. The summed E-state index contributed by atoms with van der Waals surface area (Å²) in [6, 6.07) is 10.9. The molecule has 2 aliphatic rings. The molecule has 2 heteroatoms. The third kappa shape index (κ3) is 3.77. The molecule has 2 nitrogen and oxygen atoms in total. The number of allylic oxidation sites excluding steroid dienone is 1. The Morgan fingerprint density at radius 1 is 1.00 bits per heavy atom. The summed E-state index contributed by atoms with van der Waals surface area (Å²) in [7, 11) is 3.66. The van der Waals surface area contributed by atoms with Crippen molar-refractivity contribution in [2.75, 3.05) is 27.4 Å². The van der Waals surface area contributed by atoms with Crippen LogP contribution in [-0.2, 0) is 9.47 Å². The molecule has 2 saturated carbocycles. The van der Waals surface area contributed by atoms with E-state index in [1.54, 1.807) is 0 Å². The van der Waals surface area contributed by atoms with Crippen LogP contribution < -0.4 is 0 Å². The molecular formula is C24H36O2. The minimum Gasteiger partial charge on any atom is -0.384 e. The first-order valence-corrected chi connectivity index (χ1v) is 10.3. The normalized spacial score (nSPS) is 26.0. The van der Waals surface area contributed by atoms with Crippen molar-refractivity contribution in [3.63, 3.8) is 0 Å². The largest absolute Gasteiger partial charge is 0.384 e. The van der Waals surface area contributed by atoms with Crippen LogP contribution in [0.2, 0.25) is 0 Å². The molecule has 3 rings (SSSR count). The highest BCUT2D eigenvalue weighted by Gasteiger charge is 2.54. The van der Waals surface area contributed by atoms with Gasteiger partial charge in [-0.15, -0.1) is 0 Å². The first-order chi connectivity index (χ1) is 12.6. The van der Waals surface area contributed by atoms with Crippen molar-refractivity contribution >= 4 is 5.57 Å². The molecule has 1 aromatic rings. The number of hydrogen-bond donors (Lipinski definition) is 0. The van der Waals surface area contributed by atoms with Crippen molar-refractivity contribution in [1.29, 1.82) is 0 Å². The van der Waals surface area contributed by atoms with E-state index in [9.17, 15) is 0 Å². The van der Waals surface area contributed by atoms with Gasteiger partial charge in [-0.3, -0.25) is 0 Å². The van der Waals surface area contributed by atoms with Gasteiger partial charge in [0.2, 0.25) is 0 Å². The molecule has 2 aliphatic carbocycles. The molecule has 0 radical (unpaired) electrons. The molecule has 0 saturated heterocycles. The molecule has 0 spiro atoms. The Morgan fingerprint density at radius 2 is 1.58 bits per heavy atom. The Balaban J connectivity index is 1.80.